The van der Waals surface area contributed by atoms with Crippen LogP contribution in [-0.2, 0) is 27.4 Å². The van der Waals surface area contributed by atoms with Gasteiger partial charge < -0.3 is 25.8 Å². The molecule has 0 radical (unpaired) electrons. The molecule has 9 nitrogen and oxygen atoms in total. The summed E-state index contributed by atoms with van der Waals surface area (Å²) in [6.45, 7) is 0.207. The smallest absolute Gasteiger partial charge is 0.407 e. The molecule has 0 aliphatic carbocycles. The zero-order valence-corrected chi connectivity index (χ0v) is 25.3. The summed E-state index contributed by atoms with van der Waals surface area (Å²) in [5, 5.41) is 17.9. The molecule has 0 heterocycles. The number of benzene rings is 4. The normalized spacial score (nSPS) is 11.2. The number of hydrogen-bond acceptors (Lipinski definition) is 5. The third kappa shape index (κ3) is 10.2. The van der Waals surface area contributed by atoms with Gasteiger partial charge in [-0.2, -0.15) is 0 Å². The van der Waals surface area contributed by atoms with Crippen molar-refractivity contribution in [2.75, 3.05) is 11.9 Å². The van der Waals surface area contributed by atoms with Crippen LogP contribution < -0.4 is 16.0 Å². The third-order valence-electron chi connectivity index (χ3n) is 7.01. The van der Waals surface area contributed by atoms with Crippen molar-refractivity contribution in [2.24, 2.45) is 0 Å². The number of aliphatic carboxylic acids is 1. The van der Waals surface area contributed by atoms with E-state index in [1.807, 2.05) is 42.5 Å². The number of carboxylic acids is 1. The molecule has 4 aromatic rings. The first-order valence-corrected chi connectivity index (χ1v) is 14.9. The van der Waals surface area contributed by atoms with E-state index in [-0.39, 0.29) is 32.4 Å². The standard InChI is InChI=1S/C35H34ClN3O6/c36-29-13-6-4-12-28(29)23-45-35(44)37-22-8-15-31(34(43)38-30-14-7-5-11-26(30)20-21-32(40)41)39-33(42)27-18-16-25(17-19-27)24-9-2-1-3-10-24/h1-7,9-14,16-19,31H,8,15,20-23H2,(H,37,44)(H,38,43)(H,39,42)(H,40,41)/t31-/m0/s1. The van der Waals surface area contributed by atoms with Gasteiger partial charge in [0.05, 0.1) is 0 Å². The quantitative estimate of drug-likeness (QED) is 0.118. The number of para-hydroxylation sites is 1. The van der Waals surface area contributed by atoms with Crippen LogP contribution in [0.4, 0.5) is 10.5 Å². The van der Waals surface area contributed by atoms with Gasteiger partial charge in [-0.05, 0) is 60.2 Å². The monoisotopic (exact) mass is 627 g/mol. The van der Waals surface area contributed by atoms with E-state index in [9.17, 15) is 19.2 Å². The number of halogens is 1. The van der Waals surface area contributed by atoms with Crippen LogP contribution in [0, 0.1) is 0 Å². The highest BCUT2D eigenvalue weighted by Gasteiger charge is 2.22. The maximum absolute atomic E-state index is 13.5. The molecule has 4 aromatic carbocycles. The van der Waals surface area contributed by atoms with Crippen LogP contribution in [0.1, 0.15) is 40.7 Å². The van der Waals surface area contributed by atoms with Crippen molar-refractivity contribution in [3.8, 4) is 11.1 Å². The number of carbonyl (C=O) groups excluding carboxylic acids is 3. The molecule has 1 atom stereocenters. The van der Waals surface area contributed by atoms with E-state index in [1.165, 1.54) is 0 Å². The summed E-state index contributed by atoms with van der Waals surface area (Å²) in [5.41, 5.74) is 4.16. The average molecular weight is 628 g/mol. The molecule has 0 aliphatic rings. The summed E-state index contributed by atoms with van der Waals surface area (Å²) in [6, 6.07) is 29.9. The molecular formula is C35H34ClN3O6. The van der Waals surface area contributed by atoms with Crippen LogP contribution in [0.2, 0.25) is 5.02 Å². The highest BCUT2D eigenvalue weighted by molar-refractivity contribution is 6.31. The number of nitrogens with one attached hydrogen (secondary N) is 3. The number of rotatable bonds is 14. The van der Waals surface area contributed by atoms with Crippen LogP contribution in [0.3, 0.4) is 0 Å². The Bertz CT molecular complexity index is 1610. The molecule has 0 bridgehead atoms. The number of amides is 3. The van der Waals surface area contributed by atoms with Gasteiger partial charge in [0, 0.05) is 34.8 Å². The lowest BCUT2D eigenvalue weighted by atomic mass is 10.0. The van der Waals surface area contributed by atoms with Gasteiger partial charge in [0.2, 0.25) is 5.91 Å². The molecule has 0 fully saturated rings. The first-order chi connectivity index (χ1) is 21.8. The summed E-state index contributed by atoms with van der Waals surface area (Å²) in [7, 11) is 0. The predicted octanol–water partition coefficient (Wildman–Crippen LogP) is 6.47. The van der Waals surface area contributed by atoms with Crippen LogP contribution >= 0.6 is 11.6 Å². The lowest BCUT2D eigenvalue weighted by Crippen LogP contribution is -2.44. The van der Waals surface area contributed by atoms with Crippen LogP contribution in [0.25, 0.3) is 11.1 Å². The minimum Gasteiger partial charge on any atom is -0.481 e. The number of carboxylic acid groups (broad SMARTS) is 1. The van der Waals surface area contributed by atoms with Gasteiger partial charge in [-0.15, -0.1) is 0 Å². The molecule has 4 rings (SSSR count). The molecule has 0 saturated heterocycles. The van der Waals surface area contributed by atoms with Gasteiger partial charge in [0.1, 0.15) is 12.6 Å². The number of carbonyl (C=O) groups is 4. The van der Waals surface area contributed by atoms with E-state index in [2.05, 4.69) is 16.0 Å². The second-order valence-corrected chi connectivity index (χ2v) is 10.7. The number of aryl methyl sites for hydroxylation is 1. The first-order valence-electron chi connectivity index (χ1n) is 14.5. The SMILES string of the molecule is O=C(O)CCc1ccccc1NC(=O)[C@H](CCCNC(=O)OCc1ccccc1Cl)NC(=O)c1ccc(-c2ccccc2)cc1. The van der Waals surface area contributed by atoms with Crippen LogP contribution in [0.15, 0.2) is 103 Å². The number of anilines is 1. The van der Waals surface area contributed by atoms with Crippen LogP contribution in [0.5, 0.6) is 0 Å². The van der Waals surface area contributed by atoms with Crippen molar-refractivity contribution in [2.45, 2.75) is 38.3 Å². The van der Waals surface area contributed by atoms with Gasteiger partial charge in [0.25, 0.3) is 5.91 Å². The van der Waals surface area contributed by atoms with Crippen molar-refractivity contribution in [1.82, 2.24) is 10.6 Å². The minimum atomic E-state index is -0.947. The van der Waals surface area contributed by atoms with Crippen molar-refractivity contribution in [1.29, 1.82) is 0 Å². The summed E-state index contributed by atoms with van der Waals surface area (Å²) < 4.78 is 5.23. The Balaban J connectivity index is 1.39. The summed E-state index contributed by atoms with van der Waals surface area (Å²) in [4.78, 5) is 50.0. The molecule has 0 unspecified atom stereocenters. The molecule has 0 spiro atoms. The summed E-state index contributed by atoms with van der Waals surface area (Å²) in [5.74, 6) is -1.84. The van der Waals surface area contributed by atoms with E-state index >= 15 is 0 Å². The van der Waals surface area contributed by atoms with Crippen LogP contribution in [-0.4, -0.2) is 41.6 Å². The summed E-state index contributed by atoms with van der Waals surface area (Å²) >= 11 is 6.11. The van der Waals surface area contributed by atoms with Gasteiger partial charge in [0.15, 0.2) is 0 Å². The van der Waals surface area contributed by atoms with Crippen molar-refractivity contribution < 1.29 is 29.0 Å². The number of alkyl carbamates (subject to hydrolysis) is 1. The second-order valence-electron chi connectivity index (χ2n) is 10.2. The predicted molar refractivity (Wildman–Crippen MR) is 173 cm³/mol. The Morgan fingerprint density at radius 1 is 0.778 bits per heavy atom. The van der Waals surface area contributed by atoms with E-state index in [4.69, 9.17) is 21.4 Å². The lowest BCUT2D eigenvalue weighted by Gasteiger charge is -2.20. The van der Waals surface area contributed by atoms with E-state index in [0.717, 1.165) is 11.1 Å². The third-order valence-corrected chi connectivity index (χ3v) is 7.38. The van der Waals surface area contributed by atoms with E-state index in [0.29, 0.717) is 33.8 Å². The zero-order valence-electron chi connectivity index (χ0n) is 24.5. The van der Waals surface area contributed by atoms with Crippen molar-refractivity contribution in [3.05, 3.63) is 125 Å². The van der Waals surface area contributed by atoms with Gasteiger partial charge in [-0.3, -0.25) is 14.4 Å². The molecule has 0 aromatic heterocycles. The fourth-order valence-electron chi connectivity index (χ4n) is 4.58. The molecule has 10 heteroatoms. The summed E-state index contributed by atoms with van der Waals surface area (Å²) in [6.07, 6.45) is 0.0709. The van der Waals surface area contributed by atoms with E-state index in [1.54, 1.807) is 60.7 Å². The Morgan fingerprint density at radius 2 is 1.42 bits per heavy atom. The number of hydrogen-bond donors (Lipinski definition) is 4. The molecule has 0 aliphatic heterocycles. The van der Waals surface area contributed by atoms with Gasteiger partial charge >= 0.3 is 12.1 Å². The Labute approximate surface area is 266 Å². The fraction of sp³-hybridized carbons (Fsp3) is 0.200. The lowest BCUT2D eigenvalue weighted by molar-refractivity contribution is -0.137. The Hall–Kier alpha value is -5.15. The second kappa shape index (κ2) is 16.6. The first kappa shape index (κ1) is 32.8. The Kier molecular flexibility index (Phi) is 12.1. The maximum atomic E-state index is 13.5. The molecule has 0 saturated carbocycles. The highest BCUT2D eigenvalue weighted by atomic mass is 35.5. The highest BCUT2D eigenvalue weighted by Crippen LogP contribution is 2.21. The molecule has 4 N–H and O–H groups in total. The Morgan fingerprint density at radius 3 is 2.13 bits per heavy atom. The van der Waals surface area contributed by atoms with Crippen molar-refractivity contribution in [3.63, 3.8) is 0 Å². The zero-order chi connectivity index (χ0) is 32.0. The van der Waals surface area contributed by atoms with Crippen molar-refractivity contribution >= 4 is 41.2 Å². The largest absolute Gasteiger partial charge is 0.481 e. The minimum absolute atomic E-state index is 0.0109. The van der Waals surface area contributed by atoms with Gasteiger partial charge in [-0.1, -0.05) is 90.5 Å². The maximum Gasteiger partial charge on any atom is 0.407 e. The molecular weight excluding hydrogens is 594 g/mol. The van der Waals surface area contributed by atoms with Gasteiger partial charge in [-0.25, -0.2) is 4.79 Å². The fourth-order valence-corrected chi connectivity index (χ4v) is 4.77. The van der Waals surface area contributed by atoms with E-state index < -0.39 is 29.9 Å². The molecule has 45 heavy (non-hydrogen) atoms. The number of ether oxygens (including phenoxy) is 1. The molecule has 3 amide bonds. The average Bonchev–Trinajstić information content (AvgIpc) is 3.05. The topological polar surface area (TPSA) is 134 Å². The molecule has 232 valence electrons.